The van der Waals surface area contributed by atoms with Crippen molar-refractivity contribution in [2.45, 2.75) is 38.0 Å². The number of piperidine rings is 1. The Hall–Kier alpha value is -1.14. The average Bonchev–Trinajstić information content (AvgIpc) is 2.44. The molecule has 2 rings (SSSR count). The van der Waals surface area contributed by atoms with Gasteiger partial charge in [0.1, 0.15) is 18.5 Å². The molecule has 0 spiro atoms. The fraction of sp³-hybridized carbons (Fsp3) is 0.625. The van der Waals surface area contributed by atoms with Crippen LogP contribution >= 0.6 is 0 Å². The van der Waals surface area contributed by atoms with Gasteiger partial charge >= 0.3 is 0 Å². The van der Waals surface area contributed by atoms with E-state index >= 15 is 0 Å². The second-order valence-corrected chi connectivity index (χ2v) is 6.11. The molecule has 1 heterocycles. The molecule has 0 aliphatic carbocycles. The largest absolute Gasteiger partial charge is 0.491 e. The lowest BCUT2D eigenvalue weighted by molar-refractivity contribution is -0.0323. The van der Waals surface area contributed by atoms with Gasteiger partial charge in [0.25, 0.3) is 0 Å². The number of para-hydroxylation sites is 1. The predicted molar refractivity (Wildman–Crippen MR) is 82.1 cm³/mol. The maximum atomic E-state index is 10.1. The summed E-state index contributed by atoms with van der Waals surface area (Å²) in [7, 11) is 0. The standard InChI is InChI=1S/C16H26N2O3/c1-16(20)7-4-8-18(12-16)10-14(19)11-21-15-6-3-2-5-13(15)9-17/h2-3,5-6,14,19-20H,4,7-12,17H2,1H3. The van der Waals surface area contributed by atoms with Crippen molar-refractivity contribution in [2.75, 3.05) is 26.2 Å². The van der Waals surface area contributed by atoms with Gasteiger partial charge in [0.15, 0.2) is 0 Å². The number of nitrogens with two attached hydrogens (primary N) is 1. The van der Waals surface area contributed by atoms with E-state index in [4.69, 9.17) is 10.5 Å². The van der Waals surface area contributed by atoms with Gasteiger partial charge in [-0.25, -0.2) is 0 Å². The highest BCUT2D eigenvalue weighted by Crippen LogP contribution is 2.21. The summed E-state index contributed by atoms with van der Waals surface area (Å²) in [4.78, 5) is 2.09. The van der Waals surface area contributed by atoms with E-state index in [1.54, 1.807) is 0 Å². The van der Waals surface area contributed by atoms with Crippen molar-refractivity contribution in [2.24, 2.45) is 5.73 Å². The smallest absolute Gasteiger partial charge is 0.123 e. The predicted octanol–water partition coefficient (Wildman–Crippen LogP) is 0.732. The van der Waals surface area contributed by atoms with Crippen molar-refractivity contribution in [3.05, 3.63) is 29.8 Å². The Balaban J connectivity index is 1.80. The first-order valence-corrected chi connectivity index (χ1v) is 7.54. The third kappa shape index (κ3) is 4.97. The van der Waals surface area contributed by atoms with E-state index in [-0.39, 0.29) is 6.61 Å². The normalized spacial score (nSPS) is 24.8. The molecule has 2 atom stereocenters. The molecule has 21 heavy (non-hydrogen) atoms. The molecule has 1 aromatic rings. The third-order valence-corrected chi connectivity index (χ3v) is 3.85. The third-order valence-electron chi connectivity index (χ3n) is 3.85. The molecule has 118 valence electrons. The molecule has 0 aromatic heterocycles. The van der Waals surface area contributed by atoms with Crippen LogP contribution in [0.4, 0.5) is 0 Å². The molecular formula is C16H26N2O3. The average molecular weight is 294 g/mol. The molecule has 2 unspecified atom stereocenters. The van der Waals surface area contributed by atoms with Crippen LogP contribution in [0.15, 0.2) is 24.3 Å². The van der Waals surface area contributed by atoms with Crippen LogP contribution in [0.5, 0.6) is 5.75 Å². The van der Waals surface area contributed by atoms with Gasteiger partial charge in [-0.05, 0) is 32.4 Å². The second-order valence-electron chi connectivity index (χ2n) is 6.11. The van der Waals surface area contributed by atoms with E-state index in [9.17, 15) is 10.2 Å². The van der Waals surface area contributed by atoms with Crippen LogP contribution in [0.25, 0.3) is 0 Å². The maximum absolute atomic E-state index is 10.1. The lowest BCUT2D eigenvalue weighted by Crippen LogP contribution is -2.49. The number of likely N-dealkylation sites (tertiary alicyclic amines) is 1. The molecule has 1 aliphatic rings. The van der Waals surface area contributed by atoms with Crippen molar-refractivity contribution in [1.29, 1.82) is 0 Å². The highest BCUT2D eigenvalue weighted by molar-refractivity contribution is 5.32. The van der Waals surface area contributed by atoms with Crippen molar-refractivity contribution >= 4 is 0 Å². The van der Waals surface area contributed by atoms with Crippen molar-refractivity contribution in [3.8, 4) is 5.75 Å². The molecule has 0 saturated carbocycles. The number of ether oxygens (including phenoxy) is 1. The lowest BCUT2D eigenvalue weighted by atomic mass is 9.95. The van der Waals surface area contributed by atoms with Crippen molar-refractivity contribution < 1.29 is 14.9 Å². The molecular weight excluding hydrogens is 268 g/mol. The molecule has 5 nitrogen and oxygen atoms in total. The Morgan fingerprint density at radius 3 is 2.90 bits per heavy atom. The van der Waals surface area contributed by atoms with Crippen LogP contribution in [-0.2, 0) is 6.54 Å². The summed E-state index contributed by atoms with van der Waals surface area (Å²) in [5.41, 5.74) is 5.95. The van der Waals surface area contributed by atoms with Gasteiger partial charge in [0.2, 0.25) is 0 Å². The Morgan fingerprint density at radius 2 is 2.19 bits per heavy atom. The van der Waals surface area contributed by atoms with Crippen LogP contribution in [0.1, 0.15) is 25.3 Å². The number of hydrogen-bond acceptors (Lipinski definition) is 5. The zero-order valence-corrected chi connectivity index (χ0v) is 12.7. The van der Waals surface area contributed by atoms with Crippen molar-refractivity contribution in [1.82, 2.24) is 4.90 Å². The minimum Gasteiger partial charge on any atom is -0.491 e. The summed E-state index contributed by atoms with van der Waals surface area (Å²) >= 11 is 0. The van der Waals surface area contributed by atoms with E-state index in [1.165, 1.54) is 0 Å². The fourth-order valence-corrected chi connectivity index (χ4v) is 2.83. The van der Waals surface area contributed by atoms with Crippen LogP contribution < -0.4 is 10.5 Å². The SMILES string of the molecule is CC1(O)CCCN(CC(O)COc2ccccc2CN)C1. The van der Waals surface area contributed by atoms with Gasteiger partial charge in [-0.3, -0.25) is 4.90 Å². The molecule has 1 aromatic carbocycles. The van der Waals surface area contributed by atoms with E-state index in [2.05, 4.69) is 4.90 Å². The Kier molecular flexibility index (Phi) is 5.58. The Morgan fingerprint density at radius 1 is 1.43 bits per heavy atom. The maximum Gasteiger partial charge on any atom is 0.123 e. The number of β-amino-alcohol motifs (C(OH)–C–C–N with tert-alkyl or cyclic N) is 2. The number of rotatable bonds is 6. The molecule has 4 N–H and O–H groups in total. The molecule has 0 amide bonds. The minimum absolute atomic E-state index is 0.232. The van der Waals surface area contributed by atoms with E-state index < -0.39 is 11.7 Å². The van der Waals surface area contributed by atoms with Gasteiger partial charge in [0.05, 0.1) is 5.60 Å². The summed E-state index contributed by atoms with van der Waals surface area (Å²) in [5.74, 6) is 0.727. The zero-order chi connectivity index (χ0) is 15.3. The first-order valence-electron chi connectivity index (χ1n) is 7.54. The summed E-state index contributed by atoms with van der Waals surface area (Å²) in [6.07, 6.45) is 1.20. The van der Waals surface area contributed by atoms with Crippen LogP contribution in [0.3, 0.4) is 0 Å². The molecule has 1 saturated heterocycles. The zero-order valence-electron chi connectivity index (χ0n) is 12.7. The summed E-state index contributed by atoms with van der Waals surface area (Å²) in [5, 5.41) is 20.2. The topological polar surface area (TPSA) is 79.0 Å². The fourth-order valence-electron chi connectivity index (χ4n) is 2.83. The highest BCUT2D eigenvalue weighted by atomic mass is 16.5. The number of nitrogens with zero attached hydrogens (tertiary/aromatic N) is 1. The van der Waals surface area contributed by atoms with Gasteiger partial charge in [0, 0.05) is 25.2 Å². The Bertz CT molecular complexity index is 451. The van der Waals surface area contributed by atoms with Gasteiger partial charge in [-0.2, -0.15) is 0 Å². The molecule has 1 aliphatic heterocycles. The lowest BCUT2D eigenvalue weighted by Gasteiger charge is -2.37. The highest BCUT2D eigenvalue weighted by Gasteiger charge is 2.29. The monoisotopic (exact) mass is 294 g/mol. The van der Waals surface area contributed by atoms with Gasteiger partial charge < -0.3 is 20.7 Å². The van der Waals surface area contributed by atoms with E-state index in [1.807, 2.05) is 31.2 Å². The molecule has 0 bridgehead atoms. The number of aliphatic hydroxyl groups excluding tert-OH is 1. The van der Waals surface area contributed by atoms with Crippen LogP contribution in [0.2, 0.25) is 0 Å². The van der Waals surface area contributed by atoms with Crippen LogP contribution in [-0.4, -0.2) is 53.1 Å². The van der Waals surface area contributed by atoms with Gasteiger partial charge in [-0.15, -0.1) is 0 Å². The molecule has 1 fully saturated rings. The first-order chi connectivity index (χ1) is 10.00. The number of benzene rings is 1. The first kappa shape index (κ1) is 16.2. The quantitative estimate of drug-likeness (QED) is 0.721. The van der Waals surface area contributed by atoms with Crippen LogP contribution in [0, 0.1) is 0 Å². The minimum atomic E-state index is -0.648. The number of hydrogen-bond donors (Lipinski definition) is 3. The molecule has 5 heteroatoms. The summed E-state index contributed by atoms with van der Waals surface area (Å²) in [6, 6.07) is 7.59. The van der Waals surface area contributed by atoms with E-state index in [0.717, 1.165) is 30.7 Å². The molecule has 0 radical (unpaired) electrons. The van der Waals surface area contributed by atoms with Crippen molar-refractivity contribution in [3.63, 3.8) is 0 Å². The van der Waals surface area contributed by atoms with E-state index in [0.29, 0.717) is 19.6 Å². The Labute approximate surface area is 126 Å². The second kappa shape index (κ2) is 7.22. The summed E-state index contributed by atoms with van der Waals surface area (Å²) < 4.78 is 5.66. The summed E-state index contributed by atoms with van der Waals surface area (Å²) in [6.45, 7) is 4.52. The van der Waals surface area contributed by atoms with Gasteiger partial charge in [-0.1, -0.05) is 18.2 Å². The number of aliphatic hydroxyl groups is 2.